The van der Waals surface area contributed by atoms with Gasteiger partial charge in [-0.3, -0.25) is 0 Å². The van der Waals surface area contributed by atoms with Crippen LogP contribution < -0.4 is 5.32 Å². The van der Waals surface area contributed by atoms with Crippen LogP contribution in [0.3, 0.4) is 0 Å². The summed E-state index contributed by atoms with van der Waals surface area (Å²) in [7, 11) is 0. The first-order valence-electron chi connectivity index (χ1n) is 5.95. The molecule has 4 nitrogen and oxygen atoms in total. The van der Waals surface area contributed by atoms with Crippen molar-refractivity contribution in [2.45, 2.75) is 59.0 Å². The number of hydrogen-bond acceptors (Lipinski definition) is 4. The highest BCUT2D eigenvalue weighted by atomic mass is 16.7. The smallest absolute Gasteiger partial charge is 0.169 e. The monoisotopic (exact) mass is 233 g/mol. The molecule has 98 valence electrons. The number of nitrogens with one attached hydrogen (secondary N) is 1. The van der Waals surface area contributed by atoms with E-state index in [1.165, 1.54) is 0 Å². The summed E-state index contributed by atoms with van der Waals surface area (Å²) < 4.78 is 10.8. The zero-order valence-corrected chi connectivity index (χ0v) is 11.5. The first-order chi connectivity index (χ1) is 7.24. The molecule has 0 radical (unpaired) electrons. The van der Waals surface area contributed by atoms with Gasteiger partial charge in [0.25, 0.3) is 0 Å². The van der Waals surface area contributed by atoms with E-state index in [4.69, 9.17) is 9.47 Å². The Morgan fingerprint density at radius 3 is 1.81 bits per heavy atom. The maximum atomic E-state index is 9.97. The molecule has 0 bridgehead atoms. The fourth-order valence-electron chi connectivity index (χ4n) is 1.09. The predicted octanol–water partition coefficient (Wildman–Crippen LogP) is 1.52. The summed E-state index contributed by atoms with van der Waals surface area (Å²) in [5.41, 5.74) is -1.19. The molecule has 0 saturated heterocycles. The SMILES string of the molecule is CCOC(CNC(C)(C)C(C)(C)O)OCC. The minimum absolute atomic E-state index is 0.253. The first kappa shape index (κ1) is 15.8. The average Bonchev–Trinajstić information content (AvgIpc) is 2.13. The molecule has 0 rings (SSSR count). The van der Waals surface area contributed by atoms with Crippen molar-refractivity contribution in [3.05, 3.63) is 0 Å². The summed E-state index contributed by atoms with van der Waals surface area (Å²) >= 11 is 0. The molecule has 0 aromatic rings. The van der Waals surface area contributed by atoms with Crippen LogP contribution in [0.5, 0.6) is 0 Å². The van der Waals surface area contributed by atoms with Gasteiger partial charge in [0.05, 0.1) is 5.60 Å². The van der Waals surface area contributed by atoms with Gasteiger partial charge in [0, 0.05) is 25.3 Å². The van der Waals surface area contributed by atoms with Crippen LogP contribution in [-0.2, 0) is 9.47 Å². The van der Waals surface area contributed by atoms with E-state index in [9.17, 15) is 5.11 Å². The Balaban J connectivity index is 4.18. The van der Waals surface area contributed by atoms with Gasteiger partial charge in [-0.1, -0.05) is 0 Å². The van der Waals surface area contributed by atoms with Gasteiger partial charge in [0.15, 0.2) is 6.29 Å². The second-order valence-electron chi connectivity index (χ2n) is 4.91. The number of aliphatic hydroxyl groups is 1. The van der Waals surface area contributed by atoms with Gasteiger partial charge in [-0.2, -0.15) is 0 Å². The van der Waals surface area contributed by atoms with E-state index in [2.05, 4.69) is 5.32 Å². The van der Waals surface area contributed by atoms with Crippen LogP contribution in [-0.4, -0.2) is 42.3 Å². The molecular weight excluding hydrogens is 206 g/mol. The van der Waals surface area contributed by atoms with Crippen LogP contribution in [0.25, 0.3) is 0 Å². The molecule has 0 saturated carbocycles. The molecule has 0 aliphatic heterocycles. The van der Waals surface area contributed by atoms with Crippen molar-refractivity contribution in [2.75, 3.05) is 19.8 Å². The molecule has 0 unspecified atom stereocenters. The van der Waals surface area contributed by atoms with E-state index in [1.54, 1.807) is 13.8 Å². The van der Waals surface area contributed by atoms with Gasteiger partial charge in [-0.25, -0.2) is 0 Å². The molecular formula is C12H27NO3. The summed E-state index contributed by atoms with van der Waals surface area (Å²) in [6.45, 7) is 13.2. The molecule has 0 atom stereocenters. The summed E-state index contributed by atoms with van der Waals surface area (Å²) in [6.07, 6.45) is -0.253. The van der Waals surface area contributed by atoms with Gasteiger partial charge in [-0.15, -0.1) is 0 Å². The van der Waals surface area contributed by atoms with E-state index in [0.29, 0.717) is 19.8 Å². The highest BCUT2D eigenvalue weighted by Crippen LogP contribution is 2.20. The van der Waals surface area contributed by atoms with Crippen LogP contribution in [0.15, 0.2) is 0 Å². The van der Waals surface area contributed by atoms with Gasteiger partial charge < -0.3 is 19.9 Å². The third kappa shape index (κ3) is 5.25. The topological polar surface area (TPSA) is 50.7 Å². The average molecular weight is 233 g/mol. The van der Waals surface area contributed by atoms with E-state index in [-0.39, 0.29) is 11.8 Å². The molecule has 0 aromatic carbocycles. The van der Waals surface area contributed by atoms with Crippen LogP contribution in [0.4, 0.5) is 0 Å². The van der Waals surface area contributed by atoms with Crippen molar-refractivity contribution in [1.82, 2.24) is 5.32 Å². The minimum Gasteiger partial charge on any atom is -0.389 e. The quantitative estimate of drug-likeness (QED) is 0.624. The first-order valence-corrected chi connectivity index (χ1v) is 5.95. The fraction of sp³-hybridized carbons (Fsp3) is 1.00. The number of ether oxygens (including phenoxy) is 2. The van der Waals surface area contributed by atoms with Crippen LogP contribution in [0, 0.1) is 0 Å². The zero-order valence-electron chi connectivity index (χ0n) is 11.5. The molecule has 0 spiro atoms. The summed E-state index contributed by atoms with van der Waals surface area (Å²) in [5, 5.41) is 13.2. The Labute approximate surface area is 99.3 Å². The van der Waals surface area contributed by atoms with Crippen molar-refractivity contribution in [2.24, 2.45) is 0 Å². The summed E-state index contributed by atoms with van der Waals surface area (Å²) in [6, 6.07) is 0. The molecule has 2 N–H and O–H groups in total. The Morgan fingerprint density at radius 1 is 1.06 bits per heavy atom. The van der Waals surface area contributed by atoms with E-state index in [0.717, 1.165) is 0 Å². The Bertz CT molecular complexity index is 181. The maximum absolute atomic E-state index is 9.97. The lowest BCUT2D eigenvalue weighted by Gasteiger charge is -2.39. The predicted molar refractivity (Wildman–Crippen MR) is 65.4 cm³/mol. The van der Waals surface area contributed by atoms with Gasteiger partial charge in [-0.05, 0) is 41.5 Å². The van der Waals surface area contributed by atoms with Crippen molar-refractivity contribution in [3.63, 3.8) is 0 Å². The van der Waals surface area contributed by atoms with Gasteiger partial charge in [0.1, 0.15) is 0 Å². The lowest BCUT2D eigenvalue weighted by molar-refractivity contribution is -0.139. The highest BCUT2D eigenvalue weighted by molar-refractivity contribution is 4.93. The van der Waals surface area contributed by atoms with Crippen LogP contribution in [0.2, 0.25) is 0 Å². The molecule has 16 heavy (non-hydrogen) atoms. The molecule has 0 heterocycles. The molecule has 0 amide bonds. The second kappa shape index (κ2) is 6.55. The normalized spacial score (nSPS) is 13.5. The number of hydrogen-bond donors (Lipinski definition) is 2. The van der Waals surface area contributed by atoms with Crippen molar-refractivity contribution in [3.8, 4) is 0 Å². The summed E-state index contributed by atoms with van der Waals surface area (Å²) in [4.78, 5) is 0. The summed E-state index contributed by atoms with van der Waals surface area (Å²) in [5.74, 6) is 0. The molecule has 0 aromatic heterocycles. The minimum atomic E-state index is -0.796. The van der Waals surface area contributed by atoms with Gasteiger partial charge in [0.2, 0.25) is 0 Å². The van der Waals surface area contributed by atoms with E-state index < -0.39 is 5.60 Å². The van der Waals surface area contributed by atoms with E-state index >= 15 is 0 Å². The molecule has 0 aliphatic rings. The largest absolute Gasteiger partial charge is 0.389 e. The van der Waals surface area contributed by atoms with Crippen LogP contribution >= 0.6 is 0 Å². The molecule has 0 fully saturated rings. The Morgan fingerprint density at radius 2 is 1.50 bits per heavy atom. The third-order valence-corrected chi connectivity index (χ3v) is 2.95. The lowest BCUT2D eigenvalue weighted by Crippen LogP contribution is -2.57. The Kier molecular flexibility index (Phi) is 6.48. The molecule has 0 aliphatic carbocycles. The van der Waals surface area contributed by atoms with Crippen molar-refractivity contribution < 1.29 is 14.6 Å². The fourth-order valence-corrected chi connectivity index (χ4v) is 1.09. The van der Waals surface area contributed by atoms with Crippen molar-refractivity contribution >= 4 is 0 Å². The zero-order chi connectivity index (χ0) is 12.8. The molecule has 4 heteroatoms. The van der Waals surface area contributed by atoms with E-state index in [1.807, 2.05) is 27.7 Å². The van der Waals surface area contributed by atoms with Crippen molar-refractivity contribution in [1.29, 1.82) is 0 Å². The second-order valence-corrected chi connectivity index (χ2v) is 4.91. The Hall–Kier alpha value is -0.160. The van der Waals surface area contributed by atoms with Gasteiger partial charge >= 0.3 is 0 Å². The number of rotatable bonds is 8. The maximum Gasteiger partial charge on any atom is 0.169 e. The van der Waals surface area contributed by atoms with Crippen LogP contribution in [0.1, 0.15) is 41.5 Å². The lowest BCUT2D eigenvalue weighted by atomic mass is 9.86. The highest BCUT2D eigenvalue weighted by Gasteiger charge is 2.34. The standard InChI is InChI=1S/C12H27NO3/c1-7-15-10(16-8-2)9-13-11(3,4)12(5,6)14/h10,13-14H,7-9H2,1-6H3. The third-order valence-electron chi connectivity index (χ3n) is 2.95.